The Morgan fingerprint density at radius 1 is 0.848 bits per heavy atom. The van der Waals surface area contributed by atoms with Gasteiger partial charge in [0.05, 0.1) is 49.4 Å². The van der Waals surface area contributed by atoms with Crippen LogP contribution < -0.4 is 16.0 Å². The van der Waals surface area contributed by atoms with Crippen LogP contribution in [0.1, 0.15) is 27.6 Å². The van der Waals surface area contributed by atoms with Crippen LogP contribution in [0.2, 0.25) is 0 Å². The highest BCUT2D eigenvalue weighted by Gasteiger charge is 2.29. The van der Waals surface area contributed by atoms with Gasteiger partial charge in [-0.25, -0.2) is 0 Å². The van der Waals surface area contributed by atoms with Gasteiger partial charge in [-0.1, -0.05) is 0 Å². The molecule has 0 saturated heterocycles. The topological polar surface area (TPSA) is 195 Å². The maximum Gasteiger partial charge on any atom is 0.303 e. The van der Waals surface area contributed by atoms with Crippen molar-refractivity contribution in [3.05, 3.63) is 21.8 Å². The molecule has 33 heavy (non-hydrogen) atoms. The molecular weight excluding hydrogens is 783 g/mol. The fourth-order valence-electron chi connectivity index (χ4n) is 2.24. The zero-order chi connectivity index (χ0) is 25.3. The first kappa shape index (κ1) is 30.2. The van der Waals surface area contributed by atoms with Gasteiger partial charge in [0.1, 0.15) is 0 Å². The number of anilines is 1. The van der Waals surface area contributed by atoms with Gasteiger partial charge in [0.2, 0.25) is 0 Å². The number of rotatable bonds is 11. The molecule has 1 aromatic rings. The second-order valence-corrected chi connectivity index (χ2v) is 9.72. The molecular formula is C18H22I3N3O9. The zero-order valence-electron chi connectivity index (χ0n) is 17.2. The van der Waals surface area contributed by atoms with Crippen LogP contribution in [0.5, 0.6) is 0 Å². The number of benzene rings is 1. The van der Waals surface area contributed by atoms with Crippen LogP contribution in [-0.4, -0.2) is 89.2 Å². The van der Waals surface area contributed by atoms with Crippen molar-refractivity contribution >= 4 is 97.2 Å². The van der Waals surface area contributed by atoms with Crippen LogP contribution in [0.15, 0.2) is 0 Å². The Bertz CT molecular complexity index is 861. The first-order valence-corrected chi connectivity index (χ1v) is 12.5. The molecule has 0 spiro atoms. The first-order chi connectivity index (χ1) is 15.4. The molecule has 0 aliphatic heterocycles. The second-order valence-electron chi connectivity index (χ2n) is 6.49. The number of carbonyl (C=O) groups is 4. The van der Waals surface area contributed by atoms with Crippen molar-refractivity contribution in [3.63, 3.8) is 0 Å². The quantitative estimate of drug-likeness (QED) is 0.111. The highest BCUT2D eigenvalue weighted by molar-refractivity contribution is 14.1. The number of amides is 3. The van der Waals surface area contributed by atoms with Gasteiger partial charge in [0, 0.05) is 23.6 Å². The minimum atomic E-state index is -1.20. The number of carbonyl (C=O) groups excluding carboxylic acids is 4. The Kier molecular flexibility index (Phi) is 13.3. The lowest BCUT2D eigenvalue weighted by atomic mass is 10.1. The molecule has 1 rings (SSSR count). The molecule has 0 aromatic heterocycles. The van der Waals surface area contributed by atoms with E-state index in [9.17, 15) is 29.4 Å². The van der Waals surface area contributed by atoms with Crippen LogP contribution in [0, 0.1) is 10.7 Å². The Balaban J connectivity index is 3.47. The predicted octanol–water partition coefficient (Wildman–Crippen LogP) is -0.832. The number of hydrogen-bond acceptors (Lipinski definition) is 9. The predicted molar refractivity (Wildman–Crippen MR) is 141 cm³/mol. The highest BCUT2D eigenvalue weighted by atomic mass is 127. The third-order valence-corrected chi connectivity index (χ3v) is 7.10. The number of ether oxygens (including phenoxy) is 1. The van der Waals surface area contributed by atoms with E-state index in [4.69, 9.17) is 10.2 Å². The number of esters is 1. The summed E-state index contributed by atoms with van der Waals surface area (Å²) in [6.07, 6.45) is -2.39. The zero-order valence-corrected chi connectivity index (χ0v) is 23.6. The molecule has 0 heterocycles. The standard InChI is InChI=1S/C18H22I3N3O9/c1-7(27)33-6-10(30)24-16-14(20)11(17(31)22-2-8(28)4-25)13(19)12(15(16)21)18(32)23-3-9(29)5-26/h8-9,25-26,28-29H,2-6H2,1H3,(H,22,31)(H,23,32)(H,24,30). The van der Waals surface area contributed by atoms with E-state index in [-0.39, 0.29) is 40.6 Å². The van der Waals surface area contributed by atoms with Gasteiger partial charge in [-0.05, 0) is 67.8 Å². The third kappa shape index (κ3) is 9.02. The molecule has 15 heteroatoms. The molecule has 0 saturated carbocycles. The summed E-state index contributed by atoms with van der Waals surface area (Å²) < 4.78 is 5.46. The first-order valence-electron chi connectivity index (χ1n) is 9.22. The fourth-order valence-corrected chi connectivity index (χ4v) is 6.66. The number of halogens is 3. The summed E-state index contributed by atoms with van der Waals surface area (Å²) >= 11 is 5.43. The summed E-state index contributed by atoms with van der Waals surface area (Å²) in [5, 5.41) is 44.4. The van der Waals surface area contributed by atoms with Crippen molar-refractivity contribution in [2.24, 2.45) is 0 Å². The van der Waals surface area contributed by atoms with Crippen molar-refractivity contribution in [2.45, 2.75) is 19.1 Å². The van der Waals surface area contributed by atoms with Crippen LogP contribution in [-0.2, 0) is 14.3 Å². The van der Waals surface area contributed by atoms with Crippen molar-refractivity contribution in [1.82, 2.24) is 10.6 Å². The van der Waals surface area contributed by atoms with E-state index in [1.54, 1.807) is 22.6 Å². The van der Waals surface area contributed by atoms with Gasteiger partial charge in [0.15, 0.2) is 6.61 Å². The molecule has 12 nitrogen and oxygen atoms in total. The van der Waals surface area contributed by atoms with Gasteiger partial charge < -0.3 is 41.1 Å². The van der Waals surface area contributed by atoms with Crippen molar-refractivity contribution in [2.75, 3.05) is 38.2 Å². The second kappa shape index (κ2) is 14.5. The van der Waals surface area contributed by atoms with E-state index in [0.717, 1.165) is 6.92 Å². The summed E-state index contributed by atoms with van der Waals surface area (Å²) in [6.45, 7) is -1.10. The van der Waals surface area contributed by atoms with Gasteiger partial charge >= 0.3 is 5.97 Å². The Labute approximate surface area is 229 Å². The van der Waals surface area contributed by atoms with Gasteiger partial charge in [-0.3, -0.25) is 19.2 Å². The molecule has 2 unspecified atom stereocenters. The average molecular weight is 805 g/mol. The van der Waals surface area contributed by atoms with Crippen LogP contribution in [0.4, 0.5) is 5.69 Å². The Hall–Kier alpha value is -0.870. The maximum absolute atomic E-state index is 12.9. The smallest absolute Gasteiger partial charge is 0.303 e. The number of aliphatic hydroxyl groups excluding tert-OH is 4. The number of aliphatic hydroxyl groups is 4. The maximum atomic E-state index is 12.9. The molecule has 3 amide bonds. The molecule has 1 aromatic carbocycles. The van der Waals surface area contributed by atoms with Crippen LogP contribution in [0.3, 0.4) is 0 Å². The largest absolute Gasteiger partial charge is 0.456 e. The summed E-state index contributed by atoms with van der Waals surface area (Å²) in [5.41, 5.74) is 0.171. The summed E-state index contributed by atoms with van der Waals surface area (Å²) in [7, 11) is 0. The molecule has 2 atom stereocenters. The minimum absolute atomic E-state index is 0.0254. The average Bonchev–Trinajstić information content (AvgIpc) is 2.76. The molecule has 0 bridgehead atoms. The van der Waals surface area contributed by atoms with Crippen LogP contribution >= 0.6 is 67.8 Å². The summed E-state index contributed by atoms with van der Waals surface area (Å²) in [6, 6.07) is 0. The summed E-state index contributed by atoms with van der Waals surface area (Å²) in [5.74, 6) is -2.71. The van der Waals surface area contributed by atoms with Gasteiger partial charge in [0.25, 0.3) is 17.7 Å². The normalized spacial score (nSPS) is 12.5. The molecule has 0 aliphatic carbocycles. The lowest BCUT2D eigenvalue weighted by molar-refractivity contribution is -0.144. The fraction of sp³-hybridized carbons (Fsp3) is 0.444. The molecule has 7 N–H and O–H groups in total. The summed E-state index contributed by atoms with van der Waals surface area (Å²) in [4.78, 5) is 48.9. The molecule has 0 fully saturated rings. The van der Waals surface area contributed by atoms with Crippen LogP contribution in [0.25, 0.3) is 0 Å². The van der Waals surface area contributed by atoms with Gasteiger partial charge in [-0.2, -0.15) is 0 Å². The highest BCUT2D eigenvalue weighted by Crippen LogP contribution is 2.35. The lowest BCUT2D eigenvalue weighted by Gasteiger charge is -2.20. The molecule has 0 radical (unpaired) electrons. The van der Waals surface area contributed by atoms with Crippen molar-refractivity contribution in [3.8, 4) is 0 Å². The minimum Gasteiger partial charge on any atom is -0.456 e. The molecule has 0 aliphatic rings. The van der Waals surface area contributed by atoms with E-state index in [2.05, 4.69) is 20.7 Å². The number of nitrogens with one attached hydrogen (secondary N) is 3. The third-order valence-electron chi connectivity index (χ3n) is 3.86. The number of hydrogen-bond donors (Lipinski definition) is 7. The van der Waals surface area contributed by atoms with E-state index < -0.39 is 55.7 Å². The van der Waals surface area contributed by atoms with E-state index in [0.29, 0.717) is 0 Å². The lowest BCUT2D eigenvalue weighted by Crippen LogP contribution is -2.37. The van der Waals surface area contributed by atoms with E-state index in [1.165, 1.54) is 0 Å². The monoisotopic (exact) mass is 805 g/mol. The Morgan fingerprint density at radius 2 is 1.27 bits per heavy atom. The van der Waals surface area contributed by atoms with E-state index >= 15 is 0 Å². The van der Waals surface area contributed by atoms with E-state index in [1.807, 2.05) is 45.2 Å². The Morgan fingerprint density at radius 3 is 1.64 bits per heavy atom. The van der Waals surface area contributed by atoms with Gasteiger partial charge in [-0.15, -0.1) is 0 Å². The molecule has 184 valence electrons. The van der Waals surface area contributed by atoms with Crippen molar-refractivity contribution in [1.29, 1.82) is 0 Å². The SMILES string of the molecule is CC(=O)OCC(=O)Nc1c(I)c(C(=O)NCC(O)CO)c(I)c(C(=O)NCC(O)CO)c1I. The van der Waals surface area contributed by atoms with Crippen molar-refractivity contribution < 1.29 is 44.3 Å².